The quantitative estimate of drug-likeness (QED) is 0.559. The molecule has 2 aromatic carbocycles. The van der Waals surface area contributed by atoms with Crippen molar-refractivity contribution in [2.45, 2.75) is 13.1 Å². The summed E-state index contributed by atoms with van der Waals surface area (Å²) in [6.45, 7) is 1.06. The number of anilines is 1. The van der Waals surface area contributed by atoms with Gasteiger partial charge in [0.25, 0.3) is 5.91 Å². The normalized spacial score (nSPS) is 13.1. The smallest absolute Gasteiger partial charge is 0.330 e. The van der Waals surface area contributed by atoms with Gasteiger partial charge >= 0.3 is 5.97 Å². The molecular weight excluding hydrogens is 356 g/mol. The average molecular weight is 374 g/mol. The van der Waals surface area contributed by atoms with Crippen molar-refractivity contribution in [3.05, 3.63) is 70.9 Å². The molecule has 3 aromatic rings. The van der Waals surface area contributed by atoms with E-state index in [2.05, 4.69) is 14.7 Å². The molecule has 7 nitrogen and oxygen atoms in total. The zero-order chi connectivity index (χ0) is 19.7. The highest BCUT2D eigenvalue weighted by Gasteiger charge is 2.26. The Hall–Kier alpha value is -3.74. The first-order chi connectivity index (χ1) is 13.5. The molecule has 1 aromatic heterocycles. The maximum Gasteiger partial charge on any atom is 0.330 e. The van der Waals surface area contributed by atoms with Crippen molar-refractivity contribution >= 4 is 34.8 Å². The molecule has 0 saturated heterocycles. The van der Waals surface area contributed by atoms with Gasteiger partial charge in [-0.2, -0.15) is 0 Å². The van der Waals surface area contributed by atoms with Crippen molar-refractivity contribution in [2.24, 2.45) is 0 Å². The van der Waals surface area contributed by atoms with E-state index in [1.807, 2.05) is 24.3 Å². The van der Waals surface area contributed by atoms with Gasteiger partial charge < -0.3 is 15.4 Å². The van der Waals surface area contributed by atoms with Gasteiger partial charge in [-0.05, 0) is 34.9 Å². The SMILES string of the molecule is COC(=O)C=Cc1ccc2nc(N)nc(C(=O)N3Cc4ccccc4C3)c2c1. The fourth-order valence-electron chi connectivity index (χ4n) is 3.29. The van der Waals surface area contributed by atoms with Crippen molar-refractivity contribution in [3.8, 4) is 0 Å². The van der Waals surface area contributed by atoms with Crippen LogP contribution in [-0.4, -0.2) is 33.9 Å². The number of rotatable bonds is 3. The fourth-order valence-corrected chi connectivity index (χ4v) is 3.29. The molecule has 1 aliphatic heterocycles. The predicted molar refractivity (Wildman–Crippen MR) is 105 cm³/mol. The number of nitrogen functional groups attached to an aromatic ring is 1. The third-order valence-corrected chi connectivity index (χ3v) is 4.68. The standard InChI is InChI=1S/C21H18N4O3/c1-28-18(26)9-7-13-6-8-17-16(10-13)19(24-21(22)23-17)20(27)25-11-14-4-2-3-5-15(14)12-25/h2-10H,11-12H2,1H3,(H2,22,23,24). The van der Waals surface area contributed by atoms with Crippen molar-refractivity contribution in [3.63, 3.8) is 0 Å². The van der Waals surface area contributed by atoms with Crippen LogP contribution < -0.4 is 5.73 Å². The summed E-state index contributed by atoms with van der Waals surface area (Å²) in [6, 6.07) is 13.3. The molecule has 1 amide bonds. The lowest BCUT2D eigenvalue weighted by molar-refractivity contribution is -0.134. The molecule has 0 atom stereocenters. The number of benzene rings is 2. The molecule has 0 aliphatic carbocycles. The first kappa shape index (κ1) is 17.7. The van der Waals surface area contributed by atoms with Crippen LogP contribution >= 0.6 is 0 Å². The Morgan fingerprint density at radius 3 is 2.50 bits per heavy atom. The molecule has 140 valence electrons. The average Bonchev–Trinajstić information content (AvgIpc) is 3.15. The highest BCUT2D eigenvalue weighted by molar-refractivity contribution is 6.05. The summed E-state index contributed by atoms with van der Waals surface area (Å²) in [5.41, 5.74) is 9.64. The number of methoxy groups -OCH3 is 1. The number of aromatic nitrogens is 2. The van der Waals surface area contributed by atoms with Crippen molar-refractivity contribution in [1.82, 2.24) is 14.9 Å². The highest BCUT2D eigenvalue weighted by Crippen LogP contribution is 2.26. The summed E-state index contributed by atoms with van der Waals surface area (Å²) in [7, 11) is 1.31. The van der Waals surface area contributed by atoms with Crippen LogP contribution in [0.4, 0.5) is 5.95 Å². The van der Waals surface area contributed by atoms with E-state index in [1.54, 1.807) is 29.2 Å². The first-order valence-corrected chi connectivity index (χ1v) is 8.74. The van der Waals surface area contributed by atoms with E-state index in [1.165, 1.54) is 13.2 Å². The van der Waals surface area contributed by atoms with Crippen molar-refractivity contribution in [1.29, 1.82) is 0 Å². The Balaban J connectivity index is 1.72. The zero-order valence-electron chi connectivity index (χ0n) is 15.3. The van der Waals surface area contributed by atoms with Crippen LogP contribution in [0, 0.1) is 0 Å². The molecule has 0 bridgehead atoms. The summed E-state index contributed by atoms with van der Waals surface area (Å²) < 4.78 is 4.61. The number of hydrogen-bond acceptors (Lipinski definition) is 6. The van der Waals surface area contributed by atoms with E-state index in [9.17, 15) is 9.59 Å². The second kappa shape index (κ2) is 7.11. The van der Waals surface area contributed by atoms with Crippen LogP contribution in [0.3, 0.4) is 0 Å². The van der Waals surface area contributed by atoms with Gasteiger partial charge in [0.1, 0.15) is 5.69 Å². The Kier molecular flexibility index (Phi) is 4.49. The van der Waals surface area contributed by atoms with Crippen LogP contribution in [0.15, 0.2) is 48.5 Å². The second-order valence-electron chi connectivity index (χ2n) is 6.49. The summed E-state index contributed by atoms with van der Waals surface area (Å²) in [6.07, 6.45) is 2.93. The van der Waals surface area contributed by atoms with Gasteiger partial charge in [-0.25, -0.2) is 14.8 Å². The number of nitrogens with two attached hydrogens (primary N) is 1. The molecule has 7 heteroatoms. The van der Waals surface area contributed by atoms with Crippen molar-refractivity contribution < 1.29 is 14.3 Å². The lowest BCUT2D eigenvalue weighted by Crippen LogP contribution is -2.27. The number of carbonyl (C=O) groups excluding carboxylic acids is 2. The summed E-state index contributed by atoms with van der Waals surface area (Å²) in [5.74, 6) is -0.616. The number of amides is 1. The second-order valence-corrected chi connectivity index (χ2v) is 6.49. The Morgan fingerprint density at radius 1 is 1.11 bits per heavy atom. The van der Waals surface area contributed by atoms with E-state index in [0.717, 1.165) is 16.7 Å². The van der Waals surface area contributed by atoms with Gasteiger partial charge in [0.15, 0.2) is 0 Å². The molecular formula is C21H18N4O3. The molecule has 1 aliphatic rings. The number of esters is 1. The van der Waals surface area contributed by atoms with E-state index in [4.69, 9.17) is 5.73 Å². The molecule has 0 fully saturated rings. The minimum Gasteiger partial charge on any atom is -0.466 e. The van der Waals surface area contributed by atoms with Gasteiger partial charge in [-0.3, -0.25) is 4.79 Å². The van der Waals surface area contributed by atoms with Crippen LogP contribution in [0.5, 0.6) is 0 Å². The highest BCUT2D eigenvalue weighted by atomic mass is 16.5. The van der Waals surface area contributed by atoms with Gasteiger partial charge in [-0.1, -0.05) is 30.3 Å². The Labute approximate surface area is 161 Å². The number of ether oxygens (including phenoxy) is 1. The zero-order valence-corrected chi connectivity index (χ0v) is 15.3. The van der Waals surface area contributed by atoms with Gasteiger partial charge in [0, 0.05) is 24.6 Å². The first-order valence-electron chi connectivity index (χ1n) is 8.74. The monoisotopic (exact) mass is 374 g/mol. The number of hydrogen-bond donors (Lipinski definition) is 1. The lowest BCUT2D eigenvalue weighted by Gasteiger charge is -2.16. The van der Waals surface area contributed by atoms with Crippen LogP contribution in [0.1, 0.15) is 27.2 Å². The number of nitrogens with zero attached hydrogens (tertiary/aromatic N) is 3. The molecule has 4 rings (SSSR count). The lowest BCUT2D eigenvalue weighted by atomic mass is 10.1. The largest absolute Gasteiger partial charge is 0.466 e. The molecule has 0 spiro atoms. The summed E-state index contributed by atoms with van der Waals surface area (Å²) in [4.78, 5) is 34.7. The Bertz CT molecular complexity index is 1100. The molecule has 2 N–H and O–H groups in total. The summed E-state index contributed by atoms with van der Waals surface area (Å²) in [5, 5.41) is 0.585. The molecule has 28 heavy (non-hydrogen) atoms. The predicted octanol–water partition coefficient (Wildman–Crippen LogP) is 2.55. The maximum atomic E-state index is 13.2. The van der Waals surface area contributed by atoms with Gasteiger partial charge in [0.2, 0.25) is 5.95 Å². The molecule has 0 saturated carbocycles. The third-order valence-electron chi connectivity index (χ3n) is 4.68. The van der Waals surface area contributed by atoms with Crippen LogP contribution in [0.25, 0.3) is 17.0 Å². The summed E-state index contributed by atoms with van der Waals surface area (Å²) >= 11 is 0. The maximum absolute atomic E-state index is 13.2. The topological polar surface area (TPSA) is 98.4 Å². The Morgan fingerprint density at radius 2 is 1.82 bits per heavy atom. The van der Waals surface area contributed by atoms with E-state index >= 15 is 0 Å². The molecule has 2 heterocycles. The van der Waals surface area contributed by atoms with Crippen molar-refractivity contribution in [2.75, 3.05) is 12.8 Å². The van der Waals surface area contributed by atoms with Gasteiger partial charge in [0.05, 0.1) is 12.6 Å². The number of fused-ring (bicyclic) bond motifs is 2. The van der Waals surface area contributed by atoms with Gasteiger partial charge in [-0.15, -0.1) is 0 Å². The van der Waals surface area contributed by atoms with E-state index in [0.29, 0.717) is 24.0 Å². The van der Waals surface area contributed by atoms with Crippen LogP contribution in [-0.2, 0) is 22.6 Å². The van der Waals surface area contributed by atoms with Crippen LogP contribution in [0.2, 0.25) is 0 Å². The molecule has 0 unspecified atom stereocenters. The minimum atomic E-state index is -0.459. The number of carbonyl (C=O) groups is 2. The third kappa shape index (κ3) is 3.29. The fraction of sp³-hybridized carbons (Fsp3) is 0.143. The minimum absolute atomic E-state index is 0.0467. The van der Waals surface area contributed by atoms with E-state index < -0.39 is 5.97 Å². The molecule has 0 radical (unpaired) electrons. The van der Waals surface area contributed by atoms with E-state index in [-0.39, 0.29) is 17.5 Å².